The van der Waals surface area contributed by atoms with E-state index in [0.29, 0.717) is 13.2 Å². The fraction of sp³-hybridized carbons (Fsp3) is 0.917. The minimum absolute atomic E-state index is 0.100. The summed E-state index contributed by atoms with van der Waals surface area (Å²) in [5.74, 6) is 0. The van der Waals surface area contributed by atoms with E-state index in [0.717, 1.165) is 6.42 Å². The second-order valence-electron chi connectivity index (χ2n) is 6.36. The first-order chi connectivity index (χ1) is 6.60. The molecule has 0 radical (unpaired) electrons. The number of nitrogens with one attached hydrogen (secondary N) is 1. The van der Waals surface area contributed by atoms with Crippen molar-refractivity contribution < 1.29 is 9.53 Å². The molecule has 90 valence electrons. The van der Waals surface area contributed by atoms with Gasteiger partial charge in [0, 0.05) is 6.54 Å². The average molecular weight is 215 g/mol. The third-order valence-electron chi connectivity index (χ3n) is 1.85. The molecule has 3 heteroatoms. The Kier molecular flexibility index (Phi) is 5.12. The molecule has 0 aliphatic heterocycles. The van der Waals surface area contributed by atoms with Crippen LogP contribution in [-0.4, -0.2) is 19.2 Å². The van der Waals surface area contributed by atoms with Crippen molar-refractivity contribution >= 4 is 6.09 Å². The Morgan fingerprint density at radius 1 is 1.07 bits per heavy atom. The molecule has 0 fully saturated rings. The minimum atomic E-state index is -0.311. The van der Waals surface area contributed by atoms with E-state index >= 15 is 0 Å². The zero-order valence-corrected chi connectivity index (χ0v) is 10.9. The first-order valence-corrected chi connectivity index (χ1v) is 5.51. The van der Waals surface area contributed by atoms with E-state index in [1.807, 2.05) is 0 Å². The molecule has 0 spiro atoms. The summed E-state index contributed by atoms with van der Waals surface area (Å²) in [7, 11) is 0. The van der Waals surface area contributed by atoms with Crippen molar-refractivity contribution in [2.75, 3.05) is 13.2 Å². The zero-order chi connectivity index (χ0) is 12.1. The van der Waals surface area contributed by atoms with E-state index in [9.17, 15) is 4.79 Å². The highest BCUT2D eigenvalue weighted by atomic mass is 16.5. The van der Waals surface area contributed by atoms with Crippen LogP contribution < -0.4 is 5.32 Å². The summed E-state index contributed by atoms with van der Waals surface area (Å²) in [6.07, 6.45) is 0.574. The normalized spacial score (nSPS) is 12.4. The highest BCUT2D eigenvalue weighted by Gasteiger charge is 2.14. The van der Waals surface area contributed by atoms with Crippen LogP contribution in [0, 0.1) is 10.8 Å². The molecule has 0 saturated heterocycles. The van der Waals surface area contributed by atoms with Crippen molar-refractivity contribution in [2.45, 2.75) is 48.0 Å². The van der Waals surface area contributed by atoms with Gasteiger partial charge >= 0.3 is 6.09 Å². The molecule has 0 atom stereocenters. The minimum Gasteiger partial charge on any atom is -0.450 e. The Morgan fingerprint density at radius 3 is 2.00 bits per heavy atom. The van der Waals surface area contributed by atoms with Gasteiger partial charge in [-0.05, 0) is 17.3 Å². The summed E-state index contributed by atoms with van der Waals surface area (Å²) < 4.78 is 5.06. The van der Waals surface area contributed by atoms with E-state index in [2.05, 4.69) is 46.9 Å². The predicted octanol–water partition coefficient (Wildman–Crippen LogP) is 3.19. The van der Waals surface area contributed by atoms with Gasteiger partial charge in [0.1, 0.15) is 0 Å². The van der Waals surface area contributed by atoms with Crippen LogP contribution >= 0.6 is 0 Å². The quantitative estimate of drug-likeness (QED) is 0.785. The van der Waals surface area contributed by atoms with Crippen molar-refractivity contribution in [1.82, 2.24) is 5.32 Å². The number of alkyl carbamates (subject to hydrolysis) is 1. The maximum atomic E-state index is 11.2. The first kappa shape index (κ1) is 14.3. The maximum absolute atomic E-state index is 11.2. The van der Waals surface area contributed by atoms with Crippen molar-refractivity contribution in [3.8, 4) is 0 Å². The summed E-state index contributed by atoms with van der Waals surface area (Å²) >= 11 is 0. The Labute approximate surface area is 93.6 Å². The molecule has 0 aromatic heterocycles. The van der Waals surface area contributed by atoms with E-state index in [1.165, 1.54) is 0 Å². The van der Waals surface area contributed by atoms with Gasteiger partial charge in [0.05, 0.1) is 6.61 Å². The fourth-order valence-corrected chi connectivity index (χ4v) is 0.838. The summed E-state index contributed by atoms with van der Waals surface area (Å²) in [5.41, 5.74) is 0.313. The summed E-state index contributed by atoms with van der Waals surface area (Å²) in [6.45, 7) is 13.7. The van der Waals surface area contributed by atoms with Crippen LogP contribution in [0.4, 0.5) is 4.79 Å². The smallest absolute Gasteiger partial charge is 0.407 e. The van der Waals surface area contributed by atoms with Crippen molar-refractivity contribution in [3.63, 3.8) is 0 Å². The number of hydrogen-bond donors (Lipinski definition) is 1. The van der Waals surface area contributed by atoms with Crippen LogP contribution in [0.3, 0.4) is 0 Å². The van der Waals surface area contributed by atoms with Gasteiger partial charge in [-0.1, -0.05) is 41.5 Å². The van der Waals surface area contributed by atoms with Gasteiger partial charge in [-0.2, -0.15) is 0 Å². The molecule has 0 aromatic carbocycles. The van der Waals surface area contributed by atoms with Gasteiger partial charge in [-0.25, -0.2) is 4.79 Å². The third kappa shape index (κ3) is 11.2. The molecule has 0 aliphatic rings. The third-order valence-corrected chi connectivity index (χ3v) is 1.85. The van der Waals surface area contributed by atoms with Crippen LogP contribution in [0.5, 0.6) is 0 Å². The Bertz CT molecular complexity index is 199. The molecule has 0 unspecified atom stereocenters. The van der Waals surface area contributed by atoms with Crippen molar-refractivity contribution in [2.24, 2.45) is 10.8 Å². The summed E-state index contributed by atoms with van der Waals surface area (Å²) in [5, 5.41) is 2.75. The summed E-state index contributed by atoms with van der Waals surface area (Å²) in [6, 6.07) is 0. The maximum Gasteiger partial charge on any atom is 0.407 e. The van der Waals surface area contributed by atoms with Gasteiger partial charge in [0.25, 0.3) is 0 Å². The molecule has 0 saturated carbocycles. The lowest BCUT2D eigenvalue weighted by atomic mass is 9.93. The van der Waals surface area contributed by atoms with Crippen LogP contribution in [0.15, 0.2) is 0 Å². The van der Waals surface area contributed by atoms with Crippen LogP contribution in [0.2, 0.25) is 0 Å². The van der Waals surface area contributed by atoms with Gasteiger partial charge in [0.15, 0.2) is 0 Å². The van der Waals surface area contributed by atoms with Gasteiger partial charge in [-0.3, -0.25) is 0 Å². The number of carbonyl (C=O) groups excluding carboxylic acids is 1. The molecule has 3 nitrogen and oxygen atoms in total. The molecule has 15 heavy (non-hydrogen) atoms. The molecule has 0 heterocycles. The van der Waals surface area contributed by atoms with E-state index in [1.54, 1.807) is 0 Å². The molecular weight excluding hydrogens is 190 g/mol. The van der Waals surface area contributed by atoms with E-state index in [4.69, 9.17) is 4.74 Å². The second kappa shape index (κ2) is 5.38. The molecule has 1 amide bonds. The second-order valence-corrected chi connectivity index (χ2v) is 6.36. The highest BCUT2D eigenvalue weighted by molar-refractivity contribution is 5.67. The lowest BCUT2D eigenvalue weighted by Gasteiger charge is -2.20. The molecule has 0 aliphatic carbocycles. The highest BCUT2D eigenvalue weighted by Crippen LogP contribution is 2.17. The number of carbonyl (C=O) groups is 1. The Hall–Kier alpha value is -0.730. The lowest BCUT2D eigenvalue weighted by Crippen LogP contribution is -2.33. The fourth-order valence-electron chi connectivity index (χ4n) is 0.838. The molecule has 0 bridgehead atoms. The Balaban J connectivity index is 3.60. The number of ether oxygens (including phenoxy) is 1. The van der Waals surface area contributed by atoms with Crippen molar-refractivity contribution in [3.05, 3.63) is 0 Å². The van der Waals surface area contributed by atoms with Crippen LogP contribution in [-0.2, 0) is 4.74 Å². The first-order valence-electron chi connectivity index (χ1n) is 5.51. The topological polar surface area (TPSA) is 38.3 Å². The molecular formula is C12H25NO2. The molecule has 0 rings (SSSR count). The van der Waals surface area contributed by atoms with Gasteiger partial charge in [-0.15, -0.1) is 0 Å². The van der Waals surface area contributed by atoms with Gasteiger partial charge < -0.3 is 10.1 Å². The SMILES string of the molecule is CC(C)(C)CCOC(=O)NCC(C)(C)C. The average Bonchev–Trinajstić information content (AvgIpc) is 1.97. The molecule has 0 aromatic rings. The Morgan fingerprint density at radius 2 is 1.60 bits per heavy atom. The molecule has 1 N–H and O–H groups in total. The summed E-state index contributed by atoms with van der Waals surface area (Å²) in [4.78, 5) is 11.2. The van der Waals surface area contributed by atoms with E-state index < -0.39 is 0 Å². The van der Waals surface area contributed by atoms with E-state index in [-0.39, 0.29) is 16.9 Å². The lowest BCUT2D eigenvalue weighted by molar-refractivity contribution is 0.128. The standard InChI is InChI=1S/C12H25NO2/c1-11(2,3)7-8-15-10(14)13-9-12(4,5)6/h7-9H2,1-6H3,(H,13,14). The number of hydrogen-bond acceptors (Lipinski definition) is 2. The van der Waals surface area contributed by atoms with Gasteiger partial charge in [0.2, 0.25) is 0 Å². The monoisotopic (exact) mass is 215 g/mol. The van der Waals surface area contributed by atoms with Crippen LogP contribution in [0.1, 0.15) is 48.0 Å². The van der Waals surface area contributed by atoms with Crippen molar-refractivity contribution in [1.29, 1.82) is 0 Å². The van der Waals surface area contributed by atoms with Crippen LogP contribution in [0.25, 0.3) is 0 Å². The number of amides is 1. The zero-order valence-electron chi connectivity index (χ0n) is 10.9. The largest absolute Gasteiger partial charge is 0.450 e. The number of rotatable bonds is 3. The predicted molar refractivity (Wildman–Crippen MR) is 62.9 cm³/mol.